The van der Waals surface area contributed by atoms with E-state index >= 15 is 0 Å². The highest BCUT2D eigenvalue weighted by Crippen LogP contribution is 2.17. The molecule has 0 aromatic heterocycles. The second-order valence-corrected chi connectivity index (χ2v) is 7.60. The number of rotatable bonds is 8. The number of carbonyl (C=O) groups is 1. The first-order valence-corrected chi connectivity index (χ1v) is 9.24. The minimum atomic E-state index is -3.72. The Hall–Kier alpha value is -1.51. The first kappa shape index (κ1) is 20.5. The Balaban J connectivity index is 0.00000288. The first-order valence-electron chi connectivity index (χ1n) is 7.59. The van der Waals surface area contributed by atoms with Crippen LogP contribution >= 0.6 is 12.4 Å². The molecule has 0 radical (unpaired) electrons. The van der Waals surface area contributed by atoms with Gasteiger partial charge in [0.15, 0.2) is 0 Å². The van der Waals surface area contributed by atoms with Gasteiger partial charge < -0.3 is 15.4 Å². The Morgan fingerprint density at radius 3 is 2.42 bits per heavy atom. The van der Waals surface area contributed by atoms with Crippen molar-refractivity contribution >= 4 is 34.0 Å². The molecule has 24 heavy (non-hydrogen) atoms. The number of carbonyl (C=O) groups excluding carboxylic acids is 1. The van der Waals surface area contributed by atoms with E-state index in [9.17, 15) is 13.2 Å². The smallest absolute Gasteiger partial charge is 0.241 e. The number of hydrogen-bond acceptors (Lipinski definition) is 5. The lowest BCUT2D eigenvalue weighted by molar-refractivity contribution is -0.118. The summed E-state index contributed by atoms with van der Waals surface area (Å²) < 4.78 is 31.8. The standard InChI is InChI=1S/C15H23N3O4S.ClH/c1-11(2)22-14-5-3-13(4-6-14)18-23(20,21)10-15(19)17-9-12-7-16-8-12;/h3-6,11-12,16,18H,7-10H2,1-2H3,(H,17,19);1H. The predicted octanol–water partition coefficient (Wildman–Crippen LogP) is 0.973. The zero-order chi connectivity index (χ0) is 16.9. The predicted molar refractivity (Wildman–Crippen MR) is 96.2 cm³/mol. The summed E-state index contributed by atoms with van der Waals surface area (Å²) in [6.07, 6.45) is 0.0482. The van der Waals surface area contributed by atoms with Crippen LogP contribution in [0.5, 0.6) is 5.75 Å². The van der Waals surface area contributed by atoms with Crippen LogP contribution in [0.1, 0.15) is 13.8 Å². The monoisotopic (exact) mass is 377 g/mol. The summed E-state index contributed by atoms with van der Waals surface area (Å²) in [5, 5.41) is 5.73. The molecule has 3 N–H and O–H groups in total. The van der Waals surface area contributed by atoms with Gasteiger partial charge in [0, 0.05) is 31.2 Å². The molecule has 1 aliphatic rings. The van der Waals surface area contributed by atoms with Crippen molar-refractivity contribution in [2.45, 2.75) is 20.0 Å². The maximum Gasteiger partial charge on any atom is 0.241 e. The van der Waals surface area contributed by atoms with E-state index in [0.29, 0.717) is 23.9 Å². The SMILES string of the molecule is CC(C)Oc1ccc(NS(=O)(=O)CC(=O)NCC2CNC2)cc1.Cl. The van der Waals surface area contributed by atoms with Gasteiger partial charge >= 0.3 is 0 Å². The molecule has 1 saturated heterocycles. The minimum Gasteiger partial charge on any atom is -0.491 e. The highest BCUT2D eigenvalue weighted by molar-refractivity contribution is 7.93. The van der Waals surface area contributed by atoms with E-state index < -0.39 is 21.7 Å². The van der Waals surface area contributed by atoms with Crippen molar-refractivity contribution in [2.24, 2.45) is 5.92 Å². The van der Waals surface area contributed by atoms with Gasteiger partial charge in [0.1, 0.15) is 11.5 Å². The van der Waals surface area contributed by atoms with Crippen molar-refractivity contribution in [3.05, 3.63) is 24.3 Å². The summed E-state index contributed by atoms with van der Waals surface area (Å²) >= 11 is 0. The highest BCUT2D eigenvalue weighted by atomic mass is 35.5. The van der Waals surface area contributed by atoms with Crippen LogP contribution < -0.4 is 20.1 Å². The van der Waals surface area contributed by atoms with E-state index in [0.717, 1.165) is 13.1 Å². The van der Waals surface area contributed by atoms with E-state index in [4.69, 9.17) is 4.74 Å². The van der Waals surface area contributed by atoms with Gasteiger partial charge in [-0.2, -0.15) is 0 Å². The number of sulfonamides is 1. The summed E-state index contributed by atoms with van der Waals surface area (Å²) in [5.41, 5.74) is 0.400. The average molecular weight is 378 g/mol. The number of benzene rings is 1. The topological polar surface area (TPSA) is 96.5 Å². The Morgan fingerprint density at radius 1 is 1.29 bits per heavy atom. The van der Waals surface area contributed by atoms with Crippen molar-refractivity contribution < 1.29 is 17.9 Å². The van der Waals surface area contributed by atoms with E-state index in [-0.39, 0.29) is 18.5 Å². The fraction of sp³-hybridized carbons (Fsp3) is 0.533. The molecule has 1 heterocycles. The maximum atomic E-state index is 12.0. The third-order valence-electron chi connectivity index (χ3n) is 3.27. The summed E-state index contributed by atoms with van der Waals surface area (Å²) in [6, 6.07) is 6.57. The molecule has 1 fully saturated rings. The normalized spacial score (nSPS) is 14.5. The van der Waals surface area contributed by atoms with Crippen molar-refractivity contribution in [1.82, 2.24) is 10.6 Å². The summed E-state index contributed by atoms with van der Waals surface area (Å²) in [6.45, 7) is 6.04. The summed E-state index contributed by atoms with van der Waals surface area (Å²) in [7, 11) is -3.72. The second-order valence-electron chi connectivity index (χ2n) is 5.88. The van der Waals surface area contributed by atoms with Gasteiger partial charge in [0.2, 0.25) is 15.9 Å². The van der Waals surface area contributed by atoms with Crippen LogP contribution in [0.25, 0.3) is 0 Å². The number of anilines is 1. The van der Waals surface area contributed by atoms with Crippen molar-refractivity contribution in [3.8, 4) is 5.75 Å². The lowest BCUT2D eigenvalue weighted by atomic mass is 10.0. The van der Waals surface area contributed by atoms with Gasteiger partial charge in [0.05, 0.1) is 6.10 Å². The molecule has 0 aliphatic carbocycles. The van der Waals surface area contributed by atoms with E-state index in [1.807, 2.05) is 13.8 Å². The van der Waals surface area contributed by atoms with Crippen LogP contribution in [0, 0.1) is 5.92 Å². The number of amides is 1. The van der Waals surface area contributed by atoms with E-state index in [1.54, 1.807) is 24.3 Å². The van der Waals surface area contributed by atoms with Crippen LogP contribution in [-0.4, -0.2) is 45.8 Å². The van der Waals surface area contributed by atoms with Crippen LogP contribution in [0.3, 0.4) is 0 Å². The van der Waals surface area contributed by atoms with Crippen molar-refractivity contribution in [3.63, 3.8) is 0 Å². The summed E-state index contributed by atoms with van der Waals surface area (Å²) in [4.78, 5) is 11.7. The zero-order valence-corrected chi connectivity index (χ0v) is 15.4. The van der Waals surface area contributed by atoms with Crippen LogP contribution in [0.2, 0.25) is 0 Å². The molecule has 0 saturated carbocycles. The molecule has 2 rings (SSSR count). The third-order valence-corrected chi connectivity index (χ3v) is 4.46. The zero-order valence-electron chi connectivity index (χ0n) is 13.7. The molecule has 0 spiro atoms. The van der Waals surface area contributed by atoms with Crippen molar-refractivity contribution in [2.75, 3.05) is 30.1 Å². The molecule has 1 amide bonds. The molecule has 0 unspecified atom stereocenters. The Bertz CT molecular complexity index is 631. The minimum absolute atomic E-state index is 0. The molecular formula is C15H24ClN3O4S. The summed E-state index contributed by atoms with van der Waals surface area (Å²) in [5.74, 6) is -0.0284. The van der Waals surface area contributed by atoms with Crippen LogP contribution in [0.4, 0.5) is 5.69 Å². The lowest BCUT2D eigenvalue weighted by Gasteiger charge is -2.27. The van der Waals surface area contributed by atoms with E-state index in [1.165, 1.54) is 0 Å². The van der Waals surface area contributed by atoms with Gasteiger partial charge in [-0.1, -0.05) is 0 Å². The molecule has 1 aromatic carbocycles. The fourth-order valence-corrected chi connectivity index (χ4v) is 3.08. The highest BCUT2D eigenvalue weighted by Gasteiger charge is 2.20. The quantitative estimate of drug-likeness (QED) is 0.627. The third kappa shape index (κ3) is 6.94. The van der Waals surface area contributed by atoms with Crippen LogP contribution in [-0.2, 0) is 14.8 Å². The first-order chi connectivity index (χ1) is 10.8. The van der Waals surface area contributed by atoms with Crippen LogP contribution in [0.15, 0.2) is 24.3 Å². The Labute approximate surface area is 149 Å². The Morgan fingerprint density at radius 2 is 1.92 bits per heavy atom. The van der Waals surface area contributed by atoms with Gasteiger partial charge in [-0.15, -0.1) is 12.4 Å². The Kier molecular flexibility index (Phi) is 7.78. The molecule has 0 bridgehead atoms. The number of hydrogen-bond donors (Lipinski definition) is 3. The molecule has 9 heteroatoms. The van der Waals surface area contributed by atoms with Crippen molar-refractivity contribution in [1.29, 1.82) is 0 Å². The number of halogens is 1. The maximum absolute atomic E-state index is 12.0. The van der Waals surface area contributed by atoms with Gasteiger partial charge in [0.25, 0.3) is 0 Å². The second kappa shape index (κ2) is 9.10. The number of ether oxygens (including phenoxy) is 1. The molecule has 0 atom stereocenters. The molecule has 1 aliphatic heterocycles. The van der Waals surface area contributed by atoms with Gasteiger partial charge in [-0.25, -0.2) is 8.42 Å². The van der Waals surface area contributed by atoms with E-state index in [2.05, 4.69) is 15.4 Å². The molecule has 1 aromatic rings. The van der Waals surface area contributed by atoms with Gasteiger partial charge in [-0.3, -0.25) is 9.52 Å². The van der Waals surface area contributed by atoms with Gasteiger partial charge in [-0.05, 0) is 38.1 Å². The average Bonchev–Trinajstić information content (AvgIpc) is 2.37. The molecular weight excluding hydrogens is 354 g/mol. The largest absolute Gasteiger partial charge is 0.491 e. The number of nitrogens with one attached hydrogen (secondary N) is 3. The molecule has 7 nitrogen and oxygen atoms in total. The fourth-order valence-electron chi connectivity index (χ4n) is 2.06. The molecule has 136 valence electrons. The lowest BCUT2D eigenvalue weighted by Crippen LogP contribution is -2.49.